The van der Waals surface area contributed by atoms with Gasteiger partial charge in [-0.15, -0.1) is 21.0 Å². The van der Waals surface area contributed by atoms with Crippen molar-refractivity contribution in [3.63, 3.8) is 0 Å². The van der Waals surface area contributed by atoms with Gasteiger partial charge < -0.3 is 14.1 Å². The van der Waals surface area contributed by atoms with Gasteiger partial charge in [-0.25, -0.2) is 0 Å². The van der Waals surface area contributed by atoms with Gasteiger partial charge in [-0.1, -0.05) is 0 Å². The molecule has 0 aliphatic carbocycles. The van der Waals surface area contributed by atoms with Crippen LogP contribution in [0.3, 0.4) is 0 Å². The van der Waals surface area contributed by atoms with Crippen LogP contribution in [0.1, 0.15) is 0 Å². The summed E-state index contributed by atoms with van der Waals surface area (Å²) in [5.41, 5.74) is 5.66. The molecule has 0 fully saturated rings. The predicted molar refractivity (Wildman–Crippen MR) is 48.3 cm³/mol. The first-order valence-corrected chi connectivity index (χ1v) is 5.03. The third-order valence-corrected chi connectivity index (χ3v) is 2.59. The van der Waals surface area contributed by atoms with Gasteiger partial charge in [-0.05, 0) is 12.1 Å². The van der Waals surface area contributed by atoms with Crippen LogP contribution in [0.4, 0.5) is 5.69 Å². The van der Waals surface area contributed by atoms with Gasteiger partial charge in [0.15, 0.2) is 0 Å². The van der Waals surface area contributed by atoms with E-state index in [0.29, 0.717) is 4.90 Å². The molecule has 2 N–H and O–H groups in total. The summed E-state index contributed by atoms with van der Waals surface area (Å²) in [5, 5.41) is 0. The molecule has 1 heterocycles. The van der Waals surface area contributed by atoms with Crippen molar-refractivity contribution in [1.82, 2.24) is 0 Å². The molecule has 1 aromatic carbocycles. The highest BCUT2D eigenvalue weighted by Crippen LogP contribution is 2.44. The molecule has 1 aromatic rings. The maximum atomic E-state index is 10.9. The van der Waals surface area contributed by atoms with E-state index in [1.54, 1.807) is 0 Å². The molecule has 0 atom stereocenters. The second kappa shape index (κ2) is 2.46. The summed E-state index contributed by atoms with van der Waals surface area (Å²) in [5.74, 6) is 0.0517. The Balaban J connectivity index is 2.69. The van der Waals surface area contributed by atoms with E-state index in [4.69, 9.17) is 5.73 Å². The molecule has 1 aliphatic heterocycles. The fourth-order valence-electron chi connectivity index (χ4n) is 0.955. The number of nitrogens with two attached hydrogens (primary N) is 1. The molecule has 70 valence electrons. The molecule has 2 rings (SSSR count). The SMILES string of the molecule is Nc1ccc(S)c2c1OS(=O)(=O)O2. The Morgan fingerprint density at radius 2 is 1.85 bits per heavy atom. The Labute approximate surface area is 80.2 Å². The van der Waals surface area contributed by atoms with Crippen molar-refractivity contribution >= 4 is 28.7 Å². The fraction of sp³-hybridized carbons (Fsp3) is 0. The van der Waals surface area contributed by atoms with Gasteiger partial charge in [0.25, 0.3) is 0 Å². The molecular weight excluding hydrogens is 214 g/mol. The van der Waals surface area contributed by atoms with Crippen molar-refractivity contribution < 1.29 is 16.8 Å². The Morgan fingerprint density at radius 3 is 2.46 bits per heavy atom. The number of anilines is 1. The lowest BCUT2D eigenvalue weighted by atomic mass is 10.3. The number of benzene rings is 1. The highest BCUT2D eigenvalue weighted by molar-refractivity contribution is 7.83. The van der Waals surface area contributed by atoms with E-state index in [0.717, 1.165) is 0 Å². The van der Waals surface area contributed by atoms with Crippen molar-refractivity contribution in [2.24, 2.45) is 0 Å². The number of rotatable bonds is 0. The Hall–Kier alpha value is -1.08. The van der Waals surface area contributed by atoms with Crippen LogP contribution in [0.25, 0.3) is 0 Å². The van der Waals surface area contributed by atoms with Gasteiger partial charge in [0.2, 0.25) is 11.5 Å². The van der Waals surface area contributed by atoms with Crippen molar-refractivity contribution in [1.29, 1.82) is 0 Å². The van der Waals surface area contributed by atoms with Gasteiger partial charge in [-0.3, -0.25) is 0 Å². The largest absolute Gasteiger partial charge is 0.501 e. The zero-order chi connectivity index (χ0) is 9.64. The van der Waals surface area contributed by atoms with Gasteiger partial charge in [-0.2, -0.15) is 0 Å². The number of nitrogen functional groups attached to an aromatic ring is 1. The van der Waals surface area contributed by atoms with Crippen LogP contribution in [0.5, 0.6) is 11.5 Å². The third-order valence-electron chi connectivity index (χ3n) is 1.49. The minimum absolute atomic E-state index is 0.00694. The number of hydrogen-bond donors (Lipinski definition) is 2. The molecule has 7 heteroatoms. The first-order chi connectivity index (χ1) is 5.99. The van der Waals surface area contributed by atoms with Crippen molar-refractivity contribution in [2.75, 3.05) is 5.73 Å². The van der Waals surface area contributed by atoms with E-state index in [1.807, 2.05) is 0 Å². The van der Waals surface area contributed by atoms with Crippen LogP contribution in [0, 0.1) is 0 Å². The van der Waals surface area contributed by atoms with E-state index in [2.05, 4.69) is 21.0 Å². The highest BCUT2D eigenvalue weighted by atomic mass is 32.3. The molecule has 0 radical (unpaired) electrons. The van der Waals surface area contributed by atoms with Crippen LogP contribution < -0.4 is 14.1 Å². The van der Waals surface area contributed by atoms with E-state index >= 15 is 0 Å². The zero-order valence-electron chi connectivity index (χ0n) is 6.22. The minimum Gasteiger partial charge on any atom is -0.396 e. The van der Waals surface area contributed by atoms with Crippen molar-refractivity contribution in [2.45, 2.75) is 4.90 Å². The zero-order valence-corrected chi connectivity index (χ0v) is 7.93. The molecule has 0 saturated heterocycles. The fourth-order valence-corrected chi connectivity index (χ4v) is 2.02. The molecule has 0 saturated carbocycles. The second-order valence-electron chi connectivity index (χ2n) is 2.41. The van der Waals surface area contributed by atoms with Gasteiger partial charge in [0.1, 0.15) is 0 Å². The molecular formula is C6H5NO4S2. The monoisotopic (exact) mass is 219 g/mol. The lowest BCUT2D eigenvalue weighted by Crippen LogP contribution is -2.08. The average Bonchev–Trinajstić information content (AvgIpc) is 2.35. The van der Waals surface area contributed by atoms with E-state index in [9.17, 15) is 8.42 Å². The van der Waals surface area contributed by atoms with E-state index in [-0.39, 0.29) is 17.2 Å². The molecule has 0 aromatic heterocycles. The Morgan fingerprint density at radius 1 is 1.23 bits per heavy atom. The Bertz CT molecular complexity index is 431. The van der Waals surface area contributed by atoms with E-state index < -0.39 is 10.4 Å². The number of thiol groups is 1. The molecule has 13 heavy (non-hydrogen) atoms. The molecule has 0 spiro atoms. The topological polar surface area (TPSA) is 78.6 Å². The first-order valence-electron chi connectivity index (χ1n) is 3.25. The summed E-state index contributed by atoms with van der Waals surface area (Å²) >= 11 is 3.99. The lowest BCUT2D eigenvalue weighted by molar-refractivity contribution is 0.435. The summed E-state index contributed by atoms with van der Waals surface area (Å²) in [6.45, 7) is 0. The van der Waals surface area contributed by atoms with E-state index in [1.165, 1.54) is 12.1 Å². The first kappa shape index (κ1) is 8.52. The third kappa shape index (κ3) is 1.29. The maximum absolute atomic E-state index is 10.9. The molecule has 0 amide bonds. The summed E-state index contributed by atoms with van der Waals surface area (Å²) in [6.07, 6.45) is 0. The Kier molecular flexibility index (Phi) is 1.61. The quantitative estimate of drug-likeness (QED) is 0.492. The van der Waals surface area contributed by atoms with Gasteiger partial charge >= 0.3 is 10.4 Å². The van der Waals surface area contributed by atoms with Crippen LogP contribution in [-0.2, 0) is 10.4 Å². The molecule has 0 bridgehead atoms. The van der Waals surface area contributed by atoms with Crippen LogP contribution >= 0.6 is 12.6 Å². The summed E-state index contributed by atoms with van der Waals surface area (Å²) in [4.78, 5) is 0.366. The predicted octanol–water partition coefficient (Wildman–Crippen LogP) is 0.573. The van der Waals surface area contributed by atoms with Crippen molar-refractivity contribution in [3.05, 3.63) is 12.1 Å². The van der Waals surface area contributed by atoms with Crippen LogP contribution in [0.15, 0.2) is 17.0 Å². The highest BCUT2D eigenvalue weighted by Gasteiger charge is 2.32. The smallest absolute Gasteiger partial charge is 0.396 e. The van der Waals surface area contributed by atoms with Gasteiger partial charge in [0, 0.05) is 0 Å². The van der Waals surface area contributed by atoms with Crippen LogP contribution in [-0.4, -0.2) is 8.42 Å². The second-order valence-corrected chi connectivity index (χ2v) is 4.04. The molecule has 1 aliphatic rings. The summed E-state index contributed by atoms with van der Waals surface area (Å²) in [6, 6.07) is 3.02. The number of fused-ring (bicyclic) bond motifs is 1. The normalized spacial score (nSPS) is 17.3. The summed E-state index contributed by atoms with van der Waals surface area (Å²) < 4.78 is 30.7. The molecule has 0 unspecified atom stereocenters. The standard InChI is InChI=1S/C6H5NO4S2/c7-3-1-2-4(12)6-5(3)10-13(8,9)11-6/h1-2,12H,7H2. The maximum Gasteiger partial charge on any atom is 0.501 e. The van der Waals surface area contributed by atoms with Gasteiger partial charge in [0.05, 0.1) is 10.6 Å². The minimum atomic E-state index is -3.98. The van der Waals surface area contributed by atoms with Crippen LogP contribution in [0.2, 0.25) is 0 Å². The summed E-state index contributed by atoms with van der Waals surface area (Å²) in [7, 11) is -3.98. The lowest BCUT2D eigenvalue weighted by Gasteiger charge is -1.98. The molecule has 5 nitrogen and oxygen atoms in total. The number of hydrogen-bond acceptors (Lipinski definition) is 6. The average molecular weight is 219 g/mol. The van der Waals surface area contributed by atoms with Crippen molar-refractivity contribution in [3.8, 4) is 11.5 Å².